The first-order chi connectivity index (χ1) is 7.54. The van der Waals surface area contributed by atoms with Gasteiger partial charge in [0.25, 0.3) is 0 Å². The third-order valence-corrected chi connectivity index (χ3v) is 4.38. The zero-order valence-corrected chi connectivity index (χ0v) is 11.6. The SMILES string of the molecule is CCC1CCC(N(C)C(C)CC(C)N)CC1. The molecule has 2 nitrogen and oxygen atoms in total. The number of hydrogen-bond donors (Lipinski definition) is 1. The lowest BCUT2D eigenvalue weighted by molar-refractivity contribution is 0.119. The first kappa shape index (κ1) is 14.0. The molecule has 2 N–H and O–H groups in total. The van der Waals surface area contributed by atoms with Crippen molar-refractivity contribution in [2.24, 2.45) is 11.7 Å². The highest BCUT2D eigenvalue weighted by molar-refractivity contribution is 4.81. The van der Waals surface area contributed by atoms with Gasteiger partial charge in [-0.25, -0.2) is 0 Å². The van der Waals surface area contributed by atoms with Crippen LogP contribution in [0.4, 0.5) is 0 Å². The molecule has 16 heavy (non-hydrogen) atoms. The van der Waals surface area contributed by atoms with Crippen molar-refractivity contribution in [2.45, 2.75) is 77.4 Å². The average molecular weight is 226 g/mol. The fraction of sp³-hybridized carbons (Fsp3) is 1.00. The van der Waals surface area contributed by atoms with Crippen molar-refractivity contribution >= 4 is 0 Å². The minimum absolute atomic E-state index is 0.324. The van der Waals surface area contributed by atoms with Crippen LogP contribution in [0.2, 0.25) is 0 Å². The molecule has 1 aliphatic carbocycles. The largest absolute Gasteiger partial charge is 0.328 e. The molecule has 0 aromatic rings. The van der Waals surface area contributed by atoms with Crippen LogP contribution in [-0.2, 0) is 0 Å². The minimum atomic E-state index is 0.324. The molecule has 0 aliphatic heterocycles. The van der Waals surface area contributed by atoms with Crippen molar-refractivity contribution in [2.75, 3.05) is 7.05 Å². The van der Waals surface area contributed by atoms with Gasteiger partial charge in [-0.3, -0.25) is 0 Å². The maximum Gasteiger partial charge on any atom is 0.00952 e. The number of nitrogens with two attached hydrogens (primary N) is 1. The highest BCUT2D eigenvalue weighted by atomic mass is 15.2. The first-order valence-electron chi connectivity index (χ1n) is 7.02. The highest BCUT2D eigenvalue weighted by Gasteiger charge is 2.25. The van der Waals surface area contributed by atoms with Crippen LogP contribution in [0.1, 0.15) is 59.3 Å². The molecule has 2 heteroatoms. The third kappa shape index (κ3) is 4.06. The van der Waals surface area contributed by atoms with Crippen LogP contribution < -0.4 is 5.73 Å². The summed E-state index contributed by atoms with van der Waals surface area (Å²) >= 11 is 0. The second-order valence-electron chi connectivity index (χ2n) is 5.81. The summed E-state index contributed by atoms with van der Waals surface area (Å²) in [4.78, 5) is 2.56. The quantitative estimate of drug-likeness (QED) is 0.781. The lowest BCUT2D eigenvalue weighted by Crippen LogP contribution is -2.42. The highest BCUT2D eigenvalue weighted by Crippen LogP contribution is 2.30. The molecule has 2 unspecified atom stereocenters. The van der Waals surface area contributed by atoms with Gasteiger partial charge in [0, 0.05) is 18.1 Å². The standard InChI is InChI=1S/C14H30N2/c1-5-13-6-8-14(9-7-13)16(4)12(3)10-11(2)15/h11-14H,5-10,15H2,1-4H3. The molecular weight excluding hydrogens is 196 g/mol. The Balaban J connectivity index is 2.34. The van der Waals surface area contributed by atoms with Gasteiger partial charge >= 0.3 is 0 Å². The lowest BCUT2D eigenvalue weighted by atomic mass is 9.83. The van der Waals surface area contributed by atoms with E-state index in [4.69, 9.17) is 5.73 Å². The van der Waals surface area contributed by atoms with E-state index in [9.17, 15) is 0 Å². The normalized spacial score (nSPS) is 30.4. The summed E-state index contributed by atoms with van der Waals surface area (Å²) in [5.74, 6) is 0.994. The van der Waals surface area contributed by atoms with E-state index in [0.29, 0.717) is 12.1 Å². The van der Waals surface area contributed by atoms with Crippen LogP contribution in [0.5, 0.6) is 0 Å². The van der Waals surface area contributed by atoms with Gasteiger partial charge in [-0.05, 0) is 58.9 Å². The van der Waals surface area contributed by atoms with Crippen molar-refractivity contribution in [1.82, 2.24) is 4.90 Å². The summed E-state index contributed by atoms with van der Waals surface area (Å²) in [5, 5.41) is 0. The van der Waals surface area contributed by atoms with Gasteiger partial charge in [-0.15, -0.1) is 0 Å². The van der Waals surface area contributed by atoms with Gasteiger partial charge in [0.05, 0.1) is 0 Å². The fourth-order valence-corrected chi connectivity index (χ4v) is 3.02. The van der Waals surface area contributed by atoms with Gasteiger partial charge < -0.3 is 10.6 Å². The van der Waals surface area contributed by atoms with E-state index in [-0.39, 0.29) is 0 Å². The molecular formula is C14H30N2. The maximum atomic E-state index is 5.88. The molecule has 0 heterocycles. The number of nitrogens with zero attached hydrogens (tertiary/aromatic N) is 1. The molecule has 0 amide bonds. The zero-order valence-electron chi connectivity index (χ0n) is 11.6. The van der Waals surface area contributed by atoms with Crippen molar-refractivity contribution in [3.05, 3.63) is 0 Å². The minimum Gasteiger partial charge on any atom is -0.328 e. The second kappa shape index (κ2) is 6.61. The van der Waals surface area contributed by atoms with Crippen molar-refractivity contribution in [3.8, 4) is 0 Å². The summed E-state index contributed by atoms with van der Waals surface area (Å²) in [5.41, 5.74) is 5.88. The van der Waals surface area contributed by atoms with Crippen LogP contribution in [-0.4, -0.2) is 30.1 Å². The molecule has 1 fully saturated rings. The van der Waals surface area contributed by atoms with Crippen molar-refractivity contribution in [3.63, 3.8) is 0 Å². The number of rotatable bonds is 5. The van der Waals surface area contributed by atoms with E-state index in [1.165, 1.54) is 32.1 Å². The zero-order chi connectivity index (χ0) is 12.1. The van der Waals surface area contributed by atoms with Crippen LogP contribution in [0.15, 0.2) is 0 Å². The Morgan fingerprint density at radius 3 is 2.19 bits per heavy atom. The van der Waals surface area contributed by atoms with Gasteiger partial charge in [0.2, 0.25) is 0 Å². The smallest absolute Gasteiger partial charge is 0.00952 e. The second-order valence-corrected chi connectivity index (χ2v) is 5.81. The molecule has 2 atom stereocenters. The Morgan fingerprint density at radius 2 is 1.75 bits per heavy atom. The fourth-order valence-electron chi connectivity index (χ4n) is 3.02. The topological polar surface area (TPSA) is 29.3 Å². The van der Waals surface area contributed by atoms with Crippen molar-refractivity contribution in [1.29, 1.82) is 0 Å². The molecule has 0 bridgehead atoms. The Hall–Kier alpha value is -0.0800. The van der Waals surface area contributed by atoms with Gasteiger partial charge in [0.15, 0.2) is 0 Å². The Bertz CT molecular complexity index is 183. The molecule has 0 aromatic heterocycles. The van der Waals surface area contributed by atoms with Gasteiger partial charge in [0.1, 0.15) is 0 Å². The monoisotopic (exact) mass is 226 g/mol. The molecule has 96 valence electrons. The summed E-state index contributed by atoms with van der Waals surface area (Å²) in [6, 6.07) is 1.75. The van der Waals surface area contributed by atoms with E-state index >= 15 is 0 Å². The predicted molar refractivity (Wildman–Crippen MR) is 71.5 cm³/mol. The Morgan fingerprint density at radius 1 is 1.19 bits per heavy atom. The average Bonchev–Trinajstić information content (AvgIpc) is 2.27. The first-order valence-corrected chi connectivity index (χ1v) is 7.02. The summed E-state index contributed by atoms with van der Waals surface area (Å²) in [7, 11) is 2.28. The maximum absolute atomic E-state index is 5.88. The molecule has 1 aliphatic rings. The van der Waals surface area contributed by atoms with Crippen LogP contribution in [0.25, 0.3) is 0 Å². The third-order valence-electron chi connectivity index (χ3n) is 4.38. The summed E-state index contributed by atoms with van der Waals surface area (Å²) in [6.07, 6.45) is 8.11. The van der Waals surface area contributed by atoms with E-state index in [0.717, 1.165) is 18.4 Å². The predicted octanol–water partition coefficient (Wildman–Crippen LogP) is 3.01. The molecule has 0 aromatic carbocycles. The van der Waals surface area contributed by atoms with Crippen LogP contribution >= 0.6 is 0 Å². The van der Waals surface area contributed by atoms with E-state index in [1.54, 1.807) is 0 Å². The van der Waals surface area contributed by atoms with E-state index in [1.807, 2.05) is 0 Å². The van der Waals surface area contributed by atoms with E-state index < -0.39 is 0 Å². The van der Waals surface area contributed by atoms with Crippen LogP contribution in [0.3, 0.4) is 0 Å². The molecule has 1 saturated carbocycles. The van der Waals surface area contributed by atoms with Crippen molar-refractivity contribution < 1.29 is 0 Å². The van der Waals surface area contributed by atoms with Gasteiger partial charge in [-0.1, -0.05) is 13.3 Å². The molecule has 0 saturated heterocycles. The summed E-state index contributed by atoms with van der Waals surface area (Å²) in [6.45, 7) is 6.75. The molecule has 0 radical (unpaired) electrons. The van der Waals surface area contributed by atoms with Gasteiger partial charge in [-0.2, -0.15) is 0 Å². The Labute approximate surface area is 102 Å². The Kier molecular flexibility index (Phi) is 5.77. The van der Waals surface area contributed by atoms with E-state index in [2.05, 4.69) is 32.7 Å². The summed E-state index contributed by atoms with van der Waals surface area (Å²) < 4.78 is 0. The molecule has 0 spiro atoms. The molecule has 1 rings (SSSR count). The number of hydrogen-bond acceptors (Lipinski definition) is 2. The lowest BCUT2D eigenvalue weighted by Gasteiger charge is -2.38. The van der Waals surface area contributed by atoms with Crippen LogP contribution in [0, 0.1) is 5.92 Å².